The number of hydrogen-bond acceptors (Lipinski definition) is 14. The number of carbonyl (C=O) groups excluding carboxylic acids is 8. The van der Waals surface area contributed by atoms with Crippen LogP contribution in [-0.2, 0) is 80.2 Å². The van der Waals surface area contributed by atoms with E-state index in [0.29, 0.717) is 66.8 Å². The van der Waals surface area contributed by atoms with Gasteiger partial charge in [-0.25, -0.2) is 19.1 Å². The van der Waals surface area contributed by atoms with Gasteiger partial charge in [0.15, 0.2) is 6.10 Å². The number of imide groups is 1. The molecule has 3 aromatic carbocycles. The highest BCUT2D eigenvalue weighted by Gasteiger charge is 2.39. The molecule has 1 saturated heterocycles. The molecule has 6 N–H and O–H groups in total. The van der Waals surface area contributed by atoms with Crippen LogP contribution in [0.3, 0.4) is 0 Å². The van der Waals surface area contributed by atoms with E-state index in [2.05, 4.69) is 39.2 Å². The number of benzene rings is 3. The quantitative estimate of drug-likeness (QED) is 0.0160. The van der Waals surface area contributed by atoms with Gasteiger partial charge in [0.2, 0.25) is 41.9 Å². The molecule has 1 fully saturated rings. The molecule has 4 atom stereocenters. The van der Waals surface area contributed by atoms with E-state index < -0.39 is 59.0 Å². The van der Waals surface area contributed by atoms with Crippen LogP contribution >= 0.6 is 12.6 Å². The van der Waals surface area contributed by atoms with E-state index in [1.54, 1.807) is 49.4 Å². The number of hydrogen-bond donors (Lipinski definition) is 7. The zero-order valence-corrected chi connectivity index (χ0v) is 45.9. The summed E-state index contributed by atoms with van der Waals surface area (Å²) < 4.78 is 27.6. The highest BCUT2D eigenvalue weighted by molar-refractivity contribution is 7.82. The fraction of sp³-hybridized carbons (Fsp3) is 0.404. The Kier molecular flexibility index (Phi) is 21.5. The molecule has 0 spiro atoms. The van der Waals surface area contributed by atoms with Crippen LogP contribution in [0.5, 0.6) is 0 Å². The van der Waals surface area contributed by atoms with Crippen molar-refractivity contribution in [2.45, 2.75) is 117 Å². The number of aryl methyl sites for hydroxylation is 2. The first-order valence-corrected chi connectivity index (χ1v) is 26.9. The summed E-state index contributed by atoms with van der Waals surface area (Å²) in [6, 6.07) is 18.1. The van der Waals surface area contributed by atoms with Gasteiger partial charge in [0.05, 0.1) is 59.6 Å². The van der Waals surface area contributed by atoms with Crippen molar-refractivity contribution in [1.82, 2.24) is 36.1 Å². The van der Waals surface area contributed by atoms with E-state index in [4.69, 9.17) is 14.5 Å². The van der Waals surface area contributed by atoms with Gasteiger partial charge in [-0.1, -0.05) is 70.2 Å². The molecular weight excluding hydrogens is 1040 g/mol. The fourth-order valence-corrected chi connectivity index (χ4v) is 10.0. The van der Waals surface area contributed by atoms with E-state index in [-0.39, 0.29) is 80.6 Å². The zero-order chi connectivity index (χ0) is 57.5. The number of carbonyl (C=O) groups is 8. The first-order valence-electron chi connectivity index (χ1n) is 26.4. The number of rotatable bonds is 18. The van der Waals surface area contributed by atoms with Gasteiger partial charge in [-0.05, 0) is 79.1 Å². The molecule has 4 unspecified atom stereocenters. The highest BCUT2D eigenvalue weighted by atomic mass is 32.1. The third kappa shape index (κ3) is 14.1. The average Bonchev–Trinajstić information content (AvgIpc) is 4.20. The monoisotopic (exact) mass is 1110 g/mol. The second-order valence-corrected chi connectivity index (χ2v) is 19.0. The number of aliphatic hydroxyl groups excluding tert-OH is 1. The molecule has 7 amide bonds. The molecule has 5 heterocycles. The predicted octanol–water partition coefficient (Wildman–Crippen LogP) is 4.04. The molecule has 5 aromatic rings. The van der Waals surface area contributed by atoms with Crippen molar-refractivity contribution in [2.24, 2.45) is 0 Å². The molecule has 79 heavy (non-hydrogen) atoms. The maximum Gasteiger partial charge on any atom is 0.340 e. The number of anilines is 1. The van der Waals surface area contributed by atoms with E-state index in [1.165, 1.54) is 15.5 Å². The van der Waals surface area contributed by atoms with E-state index in [1.807, 2.05) is 52.8 Å². The minimum Gasteiger partial charge on any atom is -0.458 e. The lowest BCUT2D eigenvalue weighted by Crippen LogP contribution is -2.51. The molecule has 0 saturated carbocycles. The number of aliphatic hydroxyl groups is 1. The molecule has 4 aliphatic rings. The molecule has 0 bridgehead atoms. The first-order chi connectivity index (χ1) is 38.1. The van der Waals surface area contributed by atoms with Crippen molar-refractivity contribution in [2.75, 3.05) is 37.9 Å². The van der Waals surface area contributed by atoms with Gasteiger partial charge in [0, 0.05) is 54.3 Å². The van der Waals surface area contributed by atoms with Crippen LogP contribution in [0.25, 0.3) is 22.3 Å². The third-order valence-electron chi connectivity index (χ3n) is 13.5. The summed E-state index contributed by atoms with van der Waals surface area (Å²) in [5, 5.41) is 23.5. The number of fused-ring (bicyclic) bond motifs is 5. The SMILES string of the molecule is CC.CC.CCNC(=O)CCc1ccc(N2C(=O)CC(S)C2=O)cc1.Cc1c(F)cc2nc3c(c4c2c1CCC4COCNC(=O)CNC(=O)C(Cc1ccccc1)NC(=O)CNC=O)Cn1c-3cc2c(c1=O)COC(=O)C2O. The van der Waals surface area contributed by atoms with Crippen LogP contribution in [0, 0.1) is 12.7 Å². The molecule has 20 nitrogen and oxygen atoms in total. The Bertz CT molecular complexity index is 3160. The van der Waals surface area contributed by atoms with Crippen LogP contribution in [0.1, 0.15) is 110 Å². The Hall–Kier alpha value is -7.82. The summed E-state index contributed by atoms with van der Waals surface area (Å²) in [6.45, 7) is 11.4. The molecule has 9 rings (SSSR count). The van der Waals surface area contributed by atoms with Gasteiger partial charge in [-0.15, -0.1) is 0 Å². The van der Waals surface area contributed by atoms with Gasteiger partial charge >= 0.3 is 5.97 Å². The normalized spacial score (nSPS) is 16.6. The van der Waals surface area contributed by atoms with Crippen molar-refractivity contribution in [3.8, 4) is 11.4 Å². The molecule has 0 radical (unpaired) electrons. The maximum absolute atomic E-state index is 15.2. The van der Waals surface area contributed by atoms with Crippen molar-refractivity contribution in [3.05, 3.63) is 127 Å². The molecule has 22 heteroatoms. The van der Waals surface area contributed by atoms with Crippen molar-refractivity contribution < 1.29 is 57.3 Å². The number of halogens is 1. The van der Waals surface area contributed by atoms with Gasteiger partial charge < -0.3 is 45.7 Å². The summed E-state index contributed by atoms with van der Waals surface area (Å²) in [4.78, 5) is 115. The zero-order valence-electron chi connectivity index (χ0n) is 45.0. The number of nitrogens with zero attached hydrogens (tertiary/aromatic N) is 3. The van der Waals surface area contributed by atoms with Gasteiger partial charge in [-0.3, -0.25) is 38.4 Å². The molecule has 1 aliphatic carbocycles. The average molecular weight is 1110 g/mol. The Balaban J connectivity index is 0.000000337. The minimum atomic E-state index is -1.61. The standard InChI is InChI=1S/C38H37FN6O9.C15H18N2O3S.2C2H6/c1-19-22-8-7-21(15-53-18-42-30(47)13-41-36(50)28(43-31(48)12-40-17-46)9-20-5-3-2-4-6-20)32-24-14-45-29(34(24)44-27(33(22)32)11-26(19)39)10-23-25(37(45)51)16-54-38(52)35(23)49;1-2-16-13(18)8-5-10-3-6-11(7-4-10)17-14(19)9-12(21)15(17)20;2*1-2/h2-6,10-11,17,21,28,35,49H,7-9,12-16,18H2,1H3,(H,40,46)(H,41,50)(H,42,47)(H,43,48);3-4,6-7,12,21H,2,5,8-9H2,1H3,(H,16,18);2*1-2H3. The Morgan fingerprint density at radius 2 is 1.63 bits per heavy atom. The maximum atomic E-state index is 15.2. The van der Waals surface area contributed by atoms with Crippen LogP contribution in [0.15, 0.2) is 71.5 Å². The summed E-state index contributed by atoms with van der Waals surface area (Å²) in [7, 11) is 0. The van der Waals surface area contributed by atoms with Crippen LogP contribution < -0.4 is 37.0 Å². The second-order valence-electron chi connectivity index (χ2n) is 18.4. The summed E-state index contributed by atoms with van der Waals surface area (Å²) in [6.07, 6.45) is 1.26. The second kappa shape index (κ2) is 28.2. The lowest BCUT2D eigenvalue weighted by atomic mass is 9.78. The lowest BCUT2D eigenvalue weighted by Gasteiger charge is -2.29. The smallest absolute Gasteiger partial charge is 0.340 e. The van der Waals surface area contributed by atoms with E-state index in [0.717, 1.165) is 33.2 Å². The van der Waals surface area contributed by atoms with Crippen LogP contribution in [-0.4, -0.2) is 107 Å². The van der Waals surface area contributed by atoms with Crippen molar-refractivity contribution >= 4 is 77.0 Å². The largest absolute Gasteiger partial charge is 0.458 e. The lowest BCUT2D eigenvalue weighted by molar-refractivity contribution is -0.157. The van der Waals surface area contributed by atoms with Gasteiger partial charge in [0.25, 0.3) is 5.56 Å². The number of nitrogens with one attached hydrogen (secondary N) is 5. The fourth-order valence-electron chi connectivity index (χ4n) is 9.73. The van der Waals surface area contributed by atoms with Crippen molar-refractivity contribution in [1.29, 1.82) is 0 Å². The summed E-state index contributed by atoms with van der Waals surface area (Å²) >= 11 is 4.10. The summed E-state index contributed by atoms with van der Waals surface area (Å²) in [5.41, 5.74) is 6.52. The number of cyclic esters (lactones) is 1. The topological polar surface area (TPSA) is 274 Å². The number of thiol groups is 1. The number of aromatic nitrogens is 2. The van der Waals surface area contributed by atoms with Crippen molar-refractivity contribution in [3.63, 3.8) is 0 Å². The molecule has 2 aromatic heterocycles. The first kappa shape index (κ1) is 60.4. The highest BCUT2D eigenvalue weighted by Crippen LogP contribution is 2.46. The minimum absolute atomic E-state index is 0.0180. The van der Waals surface area contributed by atoms with E-state index >= 15 is 4.39 Å². The Morgan fingerprint density at radius 3 is 2.30 bits per heavy atom. The van der Waals surface area contributed by atoms with Crippen LogP contribution in [0.2, 0.25) is 0 Å². The summed E-state index contributed by atoms with van der Waals surface area (Å²) in [5.74, 6) is -3.65. The molecular formula is C57H67FN8O12S. The number of pyridine rings is 2. The Labute approximate surface area is 462 Å². The number of amides is 7. The predicted molar refractivity (Wildman–Crippen MR) is 295 cm³/mol. The Morgan fingerprint density at radius 1 is 0.911 bits per heavy atom. The van der Waals surface area contributed by atoms with Gasteiger partial charge in [0.1, 0.15) is 25.2 Å². The number of esters is 1. The van der Waals surface area contributed by atoms with Crippen LogP contribution in [0.4, 0.5) is 10.1 Å². The van der Waals surface area contributed by atoms with E-state index in [9.17, 15) is 48.3 Å². The third-order valence-corrected chi connectivity index (χ3v) is 13.9. The number of ether oxygens (including phenoxy) is 2. The molecule has 3 aliphatic heterocycles. The molecule has 420 valence electrons. The van der Waals surface area contributed by atoms with Gasteiger partial charge in [-0.2, -0.15) is 12.6 Å².